The molecule has 0 aliphatic carbocycles. The number of aliphatic carboxylic acids is 1. The Morgan fingerprint density at radius 3 is 2.44 bits per heavy atom. The fourth-order valence-electron chi connectivity index (χ4n) is 1.23. The van der Waals surface area contributed by atoms with E-state index in [9.17, 15) is 18.7 Å². The summed E-state index contributed by atoms with van der Waals surface area (Å²) >= 11 is 0. The Labute approximate surface area is 89.5 Å². The molecular formula is C9H10F2N2O3. The number of hydrogen-bond acceptors (Lipinski definition) is 4. The number of alkyl halides is 2. The number of carboxylic acids is 1. The number of halogens is 2. The van der Waals surface area contributed by atoms with Gasteiger partial charge in [0, 0.05) is 16.8 Å². The molecule has 1 aromatic carbocycles. The van der Waals surface area contributed by atoms with E-state index in [1.807, 2.05) is 0 Å². The Bertz CT molecular complexity index is 398. The van der Waals surface area contributed by atoms with Crippen molar-refractivity contribution in [1.82, 2.24) is 0 Å². The van der Waals surface area contributed by atoms with E-state index in [1.54, 1.807) is 0 Å². The number of nitrogen functional groups attached to an aromatic ring is 1. The minimum atomic E-state index is -2.86. The lowest BCUT2D eigenvalue weighted by molar-refractivity contribution is -0.147. The predicted molar refractivity (Wildman–Crippen MR) is 51.8 cm³/mol. The number of rotatable bonds is 4. The van der Waals surface area contributed by atoms with Gasteiger partial charge < -0.3 is 15.6 Å². The van der Waals surface area contributed by atoms with Gasteiger partial charge in [-0.3, -0.25) is 5.84 Å². The first-order valence-corrected chi connectivity index (χ1v) is 4.27. The molecule has 5 N–H and O–H groups in total. The van der Waals surface area contributed by atoms with Gasteiger partial charge in [-0.05, 0) is 12.1 Å². The van der Waals surface area contributed by atoms with Crippen LogP contribution in [-0.2, 0) is 4.79 Å². The second-order valence-corrected chi connectivity index (χ2v) is 3.03. The van der Waals surface area contributed by atoms with Crippen LogP contribution in [0.2, 0.25) is 0 Å². The lowest BCUT2D eigenvalue weighted by atomic mass is 10.0. The van der Waals surface area contributed by atoms with E-state index in [1.165, 1.54) is 6.07 Å². The first-order chi connectivity index (χ1) is 7.47. The first kappa shape index (κ1) is 12.3. The minimum absolute atomic E-state index is 0.236. The molecule has 0 saturated heterocycles. The largest absolute Gasteiger partial charge is 0.479 e. The Kier molecular flexibility index (Phi) is 3.75. The normalized spacial score (nSPS) is 12.6. The highest BCUT2D eigenvalue weighted by molar-refractivity contribution is 5.75. The van der Waals surface area contributed by atoms with Gasteiger partial charge in [0.1, 0.15) is 0 Å². The summed E-state index contributed by atoms with van der Waals surface area (Å²) in [5.74, 6) is 3.45. The first-order valence-electron chi connectivity index (χ1n) is 4.27. The molecule has 0 spiro atoms. The quantitative estimate of drug-likeness (QED) is 0.459. The van der Waals surface area contributed by atoms with Crippen LogP contribution in [0.15, 0.2) is 18.2 Å². The fourth-order valence-corrected chi connectivity index (χ4v) is 1.23. The van der Waals surface area contributed by atoms with Gasteiger partial charge in [0.2, 0.25) is 0 Å². The molecule has 1 rings (SSSR count). The summed E-state index contributed by atoms with van der Waals surface area (Å²) in [4.78, 5) is 10.5. The standard InChI is InChI=1S/C9H10F2N2O3/c10-8(11)5-2-1-4(13-12)3-6(5)7(14)9(15)16/h1-3,7-8,13-14H,12H2,(H,15,16). The van der Waals surface area contributed by atoms with Crippen LogP contribution in [0, 0.1) is 0 Å². The maximum atomic E-state index is 12.5. The van der Waals surface area contributed by atoms with Gasteiger partial charge in [-0.25, -0.2) is 13.6 Å². The zero-order chi connectivity index (χ0) is 12.3. The molecule has 1 unspecified atom stereocenters. The number of anilines is 1. The summed E-state index contributed by atoms with van der Waals surface area (Å²) in [5, 5.41) is 17.8. The molecule has 1 aromatic rings. The summed E-state index contributed by atoms with van der Waals surface area (Å²) < 4.78 is 25.1. The van der Waals surface area contributed by atoms with Gasteiger partial charge in [0.15, 0.2) is 6.10 Å². The van der Waals surface area contributed by atoms with E-state index in [4.69, 9.17) is 10.9 Å². The number of carbonyl (C=O) groups is 1. The van der Waals surface area contributed by atoms with Crippen LogP contribution in [-0.4, -0.2) is 16.2 Å². The van der Waals surface area contributed by atoms with Crippen molar-refractivity contribution in [3.05, 3.63) is 29.3 Å². The molecule has 0 amide bonds. The van der Waals surface area contributed by atoms with Crippen LogP contribution in [0.5, 0.6) is 0 Å². The second kappa shape index (κ2) is 4.86. The van der Waals surface area contributed by atoms with Crippen molar-refractivity contribution in [3.63, 3.8) is 0 Å². The third kappa shape index (κ3) is 2.44. The summed E-state index contributed by atoms with van der Waals surface area (Å²) in [6.45, 7) is 0. The molecule has 5 nitrogen and oxygen atoms in total. The van der Waals surface area contributed by atoms with Crippen molar-refractivity contribution in [3.8, 4) is 0 Å². The Morgan fingerprint density at radius 1 is 1.38 bits per heavy atom. The average molecular weight is 232 g/mol. The number of hydrogen-bond donors (Lipinski definition) is 4. The molecule has 7 heteroatoms. The molecule has 0 heterocycles. The third-order valence-electron chi connectivity index (χ3n) is 2.02. The summed E-state index contributed by atoms with van der Waals surface area (Å²) in [7, 11) is 0. The van der Waals surface area contributed by atoms with Crippen LogP contribution in [0.4, 0.5) is 14.5 Å². The van der Waals surface area contributed by atoms with Crippen LogP contribution in [0.3, 0.4) is 0 Å². The highest BCUT2D eigenvalue weighted by Gasteiger charge is 2.23. The number of nitrogens with one attached hydrogen (secondary N) is 1. The second-order valence-electron chi connectivity index (χ2n) is 3.03. The highest BCUT2D eigenvalue weighted by Crippen LogP contribution is 2.29. The van der Waals surface area contributed by atoms with Crippen molar-refractivity contribution in [2.75, 3.05) is 5.43 Å². The smallest absolute Gasteiger partial charge is 0.337 e. The van der Waals surface area contributed by atoms with Gasteiger partial charge >= 0.3 is 5.97 Å². The monoisotopic (exact) mass is 232 g/mol. The zero-order valence-electron chi connectivity index (χ0n) is 8.02. The van der Waals surface area contributed by atoms with E-state index in [2.05, 4.69) is 5.43 Å². The Balaban J connectivity index is 3.25. The van der Waals surface area contributed by atoms with E-state index in [-0.39, 0.29) is 11.3 Å². The van der Waals surface area contributed by atoms with Crippen molar-refractivity contribution in [2.24, 2.45) is 5.84 Å². The number of hydrazine groups is 1. The van der Waals surface area contributed by atoms with Crippen LogP contribution in [0.25, 0.3) is 0 Å². The predicted octanol–water partition coefficient (Wildman–Crippen LogP) is 1.03. The van der Waals surface area contributed by atoms with E-state index >= 15 is 0 Å². The molecule has 0 aliphatic rings. The van der Waals surface area contributed by atoms with Crippen LogP contribution in [0.1, 0.15) is 23.7 Å². The average Bonchev–Trinajstić information content (AvgIpc) is 2.26. The number of aliphatic hydroxyl groups is 1. The molecule has 0 radical (unpaired) electrons. The Hall–Kier alpha value is -1.73. The molecule has 0 saturated carbocycles. The summed E-state index contributed by atoms with van der Waals surface area (Å²) in [6.07, 6.45) is -4.87. The van der Waals surface area contributed by atoms with Crippen molar-refractivity contribution < 1.29 is 23.8 Å². The van der Waals surface area contributed by atoms with E-state index < -0.39 is 24.1 Å². The van der Waals surface area contributed by atoms with Crippen LogP contribution >= 0.6 is 0 Å². The molecule has 0 bridgehead atoms. The molecule has 16 heavy (non-hydrogen) atoms. The summed E-state index contributed by atoms with van der Waals surface area (Å²) in [5.41, 5.74) is 1.50. The number of nitrogens with two attached hydrogens (primary N) is 1. The van der Waals surface area contributed by atoms with E-state index in [0.29, 0.717) is 0 Å². The Morgan fingerprint density at radius 2 is 2.00 bits per heavy atom. The highest BCUT2D eigenvalue weighted by atomic mass is 19.3. The molecule has 88 valence electrons. The van der Waals surface area contributed by atoms with Gasteiger partial charge in [-0.1, -0.05) is 6.07 Å². The third-order valence-corrected chi connectivity index (χ3v) is 2.02. The number of benzene rings is 1. The molecular weight excluding hydrogens is 222 g/mol. The van der Waals surface area contributed by atoms with Gasteiger partial charge in [-0.2, -0.15) is 0 Å². The zero-order valence-corrected chi connectivity index (χ0v) is 8.02. The molecule has 1 atom stereocenters. The minimum Gasteiger partial charge on any atom is -0.479 e. The van der Waals surface area contributed by atoms with Crippen molar-refractivity contribution >= 4 is 11.7 Å². The van der Waals surface area contributed by atoms with Gasteiger partial charge in [-0.15, -0.1) is 0 Å². The molecule has 0 aromatic heterocycles. The fraction of sp³-hybridized carbons (Fsp3) is 0.222. The van der Waals surface area contributed by atoms with Crippen molar-refractivity contribution in [2.45, 2.75) is 12.5 Å². The summed E-state index contributed by atoms with van der Waals surface area (Å²) in [6, 6.07) is 3.35. The number of carboxylic acid groups (broad SMARTS) is 1. The van der Waals surface area contributed by atoms with Gasteiger partial charge in [0.25, 0.3) is 6.43 Å². The topological polar surface area (TPSA) is 95.6 Å². The van der Waals surface area contributed by atoms with Crippen LogP contribution < -0.4 is 11.3 Å². The van der Waals surface area contributed by atoms with Crippen molar-refractivity contribution in [1.29, 1.82) is 0 Å². The molecule has 0 aliphatic heterocycles. The van der Waals surface area contributed by atoms with Gasteiger partial charge in [0.05, 0.1) is 0 Å². The maximum Gasteiger partial charge on any atom is 0.337 e. The molecule has 0 fully saturated rings. The SMILES string of the molecule is NNc1ccc(C(F)F)c(C(O)C(=O)O)c1. The maximum absolute atomic E-state index is 12.5. The lowest BCUT2D eigenvalue weighted by Crippen LogP contribution is -2.14. The lowest BCUT2D eigenvalue weighted by Gasteiger charge is -2.13. The van der Waals surface area contributed by atoms with E-state index in [0.717, 1.165) is 12.1 Å². The number of aliphatic hydroxyl groups excluding tert-OH is 1.